The van der Waals surface area contributed by atoms with Gasteiger partial charge < -0.3 is 10.2 Å². The van der Waals surface area contributed by atoms with Gasteiger partial charge in [-0.25, -0.2) is 0 Å². The minimum atomic E-state index is 0.768. The van der Waals surface area contributed by atoms with E-state index in [1.165, 1.54) is 0 Å². The van der Waals surface area contributed by atoms with Gasteiger partial charge in [0.1, 0.15) is 0 Å². The number of thiocarbonyl (C=S) groups is 1. The van der Waals surface area contributed by atoms with Crippen molar-refractivity contribution in [2.75, 3.05) is 18.0 Å². The second-order valence-corrected chi connectivity index (χ2v) is 4.14. The van der Waals surface area contributed by atoms with Gasteiger partial charge in [-0.05, 0) is 42.9 Å². The molecule has 1 aliphatic heterocycles. The van der Waals surface area contributed by atoms with Crippen LogP contribution in [0.15, 0.2) is 18.2 Å². The number of hydrogen-bond donors (Lipinski definition) is 1. The van der Waals surface area contributed by atoms with Gasteiger partial charge >= 0.3 is 0 Å². The van der Waals surface area contributed by atoms with Crippen molar-refractivity contribution in [3.63, 3.8) is 0 Å². The van der Waals surface area contributed by atoms with Crippen molar-refractivity contribution in [2.24, 2.45) is 0 Å². The Kier molecular flexibility index (Phi) is 2.61. The van der Waals surface area contributed by atoms with Crippen LogP contribution in [-0.4, -0.2) is 18.2 Å². The number of hydrogen-bond acceptors (Lipinski definition) is 1. The quantitative estimate of drug-likeness (QED) is 0.741. The van der Waals surface area contributed by atoms with Gasteiger partial charge in [-0.15, -0.1) is 0 Å². The molecule has 1 saturated heterocycles. The van der Waals surface area contributed by atoms with E-state index in [9.17, 15) is 0 Å². The van der Waals surface area contributed by atoms with Gasteiger partial charge in [-0.3, -0.25) is 0 Å². The van der Waals surface area contributed by atoms with Crippen molar-refractivity contribution >= 4 is 34.6 Å². The summed E-state index contributed by atoms with van der Waals surface area (Å²) in [6.45, 7) is 3.89. The highest BCUT2D eigenvalue weighted by molar-refractivity contribution is 7.80. The molecule has 1 aromatic rings. The minimum absolute atomic E-state index is 0.768. The van der Waals surface area contributed by atoms with Crippen molar-refractivity contribution in [3.05, 3.63) is 28.8 Å². The predicted octanol–water partition coefficient (Wildman–Crippen LogP) is 2.34. The molecule has 0 amide bonds. The Morgan fingerprint density at radius 2 is 2.29 bits per heavy atom. The summed E-state index contributed by atoms with van der Waals surface area (Å²) >= 11 is 11.1. The van der Waals surface area contributed by atoms with Crippen LogP contribution in [0.2, 0.25) is 5.02 Å². The Bertz CT molecular complexity index is 378. The molecule has 1 heterocycles. The van der Waals surface area contributed by atoms with Crippen molar-refractivity contribution in [2.45, 2.75) is 6.92 Å². The molecule has 2 nitrogen and oxygen atoms in total. The molecule has 0 saturated carbocycles. The smallest absolute Gasteiger partial charge is 0.173 e. The fourth-order valence-corrected chi connectivity index (χ4v) is 2.14. The molecular weight excluding hydrogens is 216 g/mol. The van der Waals surface area contributed by atoms with Crippen LogP contribution in [0.25, 0.3) is 0 Å². The van der Waals surface area contributed by atoms with Crippen LogP contribution in [0.4, 0.5) is 5.69 Å². The molecule has 14 heavy (non-hydrogen) atoms. The van der Waals surface area contributed by atoms with Crippen LogP contribution in [0.5, 0.6) is 0 Å². The maximum atomic E-state index is 5.89. The largest absolute Gasteiger partial charge is 0.360 e. The van der Waals surface area contributed by atoms with Gasteiger partial charge in [-0.1, -0.05) is 11.6 Å². The van der Waals surface area contributed by atoms with E-state index in [4.69, 9.17) is 23.8 Å². The van der Waals surface area contributed by atoms with E-state index in [2.05, 4.69) is 10.2 Å². The predicted molar refractivity (Wildman–Crippen MR) is 64.1 cm³/mol. The first-order valence-corrected chi connectivity index (χ1v) is 5.28. The third-order valence-electron chi connectivity index (χ3n) is 2.31. The number of anilines is 1. The molecule has 1 aromatic carbocycles. The van der Waals surface area contributed by atoms with Gasteiger partial charge in [-0.2, -0.15) is 0 Å². The molecule has 1 fully saturated rings. The number of benzene rings is 1. The number of nitrogens with one attached hydrogen (secondary N) is 1. The van der Waals surface area contributed by atoms with Crippen LogP contribution in [0.3, 0.4) is 0 Å². The van der Waals surface area contributed by atoms with Crippen molar-refractivity contribution in [1.29, 1.82) is 0 Å². The number of rotatable bonds is 1. The summed E-state index contributed by atoms with van der Waals surface area (Å²) in [5, 5.41) is 4.70. The molecule has 2 rings (SSSR count). The molecule has 0 aliphatic carbocycles. The monoisotopic (exact) mass is 226 g/mol. The normalized spacial score (nSPS) is 15.9. The molecule has 0 atom stereocenters. The number of aryl methyl sites for hydroxylation is 1. The van der Waals surface area contributed by atoms with E-state index in [-0.39, 0.29) is 0 Å². The highest BCUT2D eigenvalue weighted by atomic mass is 35.5. The van der Waals surface area contributed by atoms with Crippen LogP contribution in [0, 0.1) is 6.92 Å². The van der Waals surface area contributed by atoms with Crippen LogP contribution in [-0.2, 0) is 0 Å². The molecule has 0 spiro atoms. The Morgan fingerprint density at radius 1 is 1.50 bits per heavy atom. The second kappa shape index (κ2) is 3.75. The van der Waals surface area contributed by atoms with E-state index in [1.807, 2.05) is 25.1 Å². The van der Waals surface area contributed by atoms with Crippen molar-refractivity contribution in [1.82, 2.24) is 5.32 Å². The highest BCUT2D eigenvalue weighted by Crippen LogP contribution is 2.24. The van der Waals surface area contributed by atoms with Crippen molar-refractivity contribution in [3.8, 4) is 0 Å². The molecule has 0 aromatic heterocycles. The third kappa shape index (κ3) is 1.70. The van der Waals surface area contributed by atoms with Gasteiger partial charge in [0.15, 0.2) is 5.11 Å². The third-order valence-corrected chi connectivity index (χ3v) is 2.91. The summed E-state index contributed by atoms with van der Waals surface area (Å²) in [6.07, 6.45) is 0. The van der Waals surface area contributed by atoms with Crippen LogP contribution < -0.4 is 10.2 Å². The Balaban J connectivity index is 2.36. The van der Waals surface area contributed by atoms with Gasteiger partial charge in [0.2, 0.25) is 0 Å². The topological polar surface area (TPSA) is 15.3 Å². The van der Waals surface area contributed by atoms with Gasteiger partial charge in [0.25, 0.3) is 0 Å². The fraction of sp³-hybridized carbons (Fsp3) is 0.300. The maximum Gasteiger partial charge on any atom is 0.173 e. The Hall–Kier alpha value is -0.800. The fourth-order valence-electron chi connectivity index (χ4n) is 1.62. The van der Waals surface area contributed by atoms with E-state index in [1.54, 1.807) is 0 Å². The zero-order chi connectivity index (χ0) is 10.1. The summed E-state index contributed by atoms with van der Waals surface area (Å²) < 4.78 is 0. The number of nitrogens with zero attached hydrogens (tertiary/aromatic N) is 1. The minimum Gasteiger partial charge on any atom is -0.360 e. The molecule has 74 valence electrons. The summed E-state index contributed by atoms with van der Waals surface area (Å²) in [5.74, 6) is 0. The van der Waals surface area contributed by atoms with Crippen LogP contribution >= 0.6 is 23.8 Å². The van der Waals surface area contributed by atoms with E-state index >= 15 is 0 Å². The molecule has 0 bridgehead atoms. The zero-order valence-corrected chi connectivity index (χ0v) is 9.45. The van der Waals surface area contributed by atoms with E-state index < -0.39 is 0 Å². The average molecular weight is 227 g/mol. The maximum absolute atomic E-state index is 5.89. The first kappa shape index (κ1) is 9.74. The van der Waals surface area contributed by atoms with Gasteiger partial charge in [0.05, 0.1) is 0 Å². The summed E-state index contributed by atoms with van der Waals surface area (Å²) in [4.78, 5) is 2.10. The Morgan fingerprint density at radius 3 is 2.86 bits per heavy atom. The lowest BCUT2D eigenvalue weighted by Gasteiger charge is -2.19. The summed E-state index contributed by atoms with van der Waals surface area (Å²) in [7, 11) is 0. The SMILES string of the molecule is Cc1cc(Cl)ccc1N1CCNC1=S. The highest BCUT2D eigenvalue weighted by Gasteiger charge is 2.18. The number of halogens is 1. The first-order valence-electron chi connectivity index (χ1n) is 4.50. The second-order valence-electron chi connectivity index (χ2n) is 3.31. The molecule has 0 radical (unpaired) electrons. The van der Waals surface area contributed by atoms with Crippen LogP contribution in [0.1, 0.15) is 5.56 Å². The average Bonchev–Trinajstić information content (AvgIpc) is 2.52. The lowest BCUT2D eigenvalue weighted by atomic mass is 10.2. The lowest BCUT2D eigenvalue weighted by molar-refractivity contribution is 0.973. The van der Waals surface area contributed by atoms with E-state index in [0.717, 1.165) is 34.5 Å². The molecule has 4 heteroatoms. The molecule has 0 unspecified atom stereocenters. The Labute approximate surface area is 93.9 Å². The van der Waals surface area contributed by atoms with Gasteiger partial charge in [0, 0.05) is 23.8 Å². The lowest BCUT2D eigenvalue weighted by Crippen LogP contribution is -2.27. The zero-order valence-electron chi connectivity index (χ0n) is 7.88. The molecule has 1 N–H and O–H groups in total. The standard InChI is InChI=1S/C10H11ClN2S/c1-7-6-8(11)2-3-9(7)13-5-4-12-10(13)14/h2-3,6H,4-5H2,1H3,(H,12,14). The molecule has 1 aliphatic rings. The van der Waals surface area contributed by atoms with E-state index in [0.29, 0.717) is 0 Å². The summed E-state index contributed by atoms with van der Waals surface area (Å²) in [5.41, 5.74) is 2.30. The first-order chi connectivity index (χ1) is 6.68. The van der Waals surface area contributed by atoms with Crippen molar-refractivity contribution < 1.29 is 0 Å². The summed E-state index contributed by atoms with van der Waals surface area (Å²) in [6, 6.07) is 5.86. The molecular formula is C10H11ClN2S.